The molecule has 0 spiro atoms. The van der Waals surface area contributed by atoms with Crippen molar-refractivity contribution in [2.45, 2.75) is 38.1 Å². The molecule has 0 radical (unpaired) electrons. The molecule has 7 nitrogen and oxygen atoms in total. The summed E-state index contributed by atoms with van der Waals surface area (Å²) < 4.78 is 27.2. The van der Waals surface area contributed by atoms with Crippen molar-refractivity contribution in [2.24, 2.45) is 0 Å². The molecular weight excluding hydrogens is 366 g/mol. The molecule has 0 aliphatic rings. The average Bonchev–Trinajstić information content (AvgIpc) is 2.62. The summed E-state index contributed by atoms with van der Waals surface area (Å²) in [6.07, 6.45) is 0.894. The molecule has 2 rings (SSSR count). The maximum Gasteiger partial charge on any atom is 0.242 e. The van der Waals surface area contributed by atoms with Gasteiger partial charge in [-0.25, -0.2) is 8.42 Å². The van der Waals surface area contributed by atoms with E-state index in [9.17, 15) is 18.0 Å². The lowest BCUT2D eigenvalue weighted by Crippen LogP contribution is -2.41. The number of rotatable bonds is 7. The molecule has 0 aliphatic carbocycles. The molecule has 0 saturated heterocycles. The minimum absolute atomic E-state index is 0.00329. The van der Waals surface area contributed by atoms with E-state index in [1.807, 2.05) is 19.1 Å². The van der Waals surface area contributed by atoms with Crippen LogP contribution in [0, 0.1) is 0 Å². The van der Waals surface area contributed by atoms with Crippen molar-refractivity contribution >= 4 is 33.2 Å². The Morgan fingerprint density at radius 2 is 1.44 bits per heavy atom. The Labute approximate surface area is 159 Å². The van der Waals surface area contributed by atoms with Crippen molar-refractivity contribution in [3.05, 3.63) is 54.1 Å². The highest BCUT2D eigenvalue weighted by Crippen LogP contribution is 2.15. The maximum atomic E-state index is 12.4. The Morgan fingerprint density at radius 3 is 1.96 bits per heavy atom. The lowest BCUT2D eigenvalue weighted by Gasteiger charge is -2.15. The first kappa shape index (κ1) is 20.6. The van der Waals surface area contributed by atoms with Crippen molar-refractivity contribution in [3.8, 4) is 0 Å². The van der Waals surface area contributed by atoms with Crippen LogP contribution in [0.25, 0.3) is 0 Å². The van der Waals surface area contributed by atoms with Crippen LogP contribution in [0.2, 0.25) is 0 Å². The normalized spacial score (nSPS) is 12.3. The van der Waals surface area contributed by atoms with Gasteiger partial charge in [-0.2, -0.15) is 4.72 Å². The summed E-state index contributed by atoms with van der Waals surface area (Å²) in [5.41, 5.74) is 2.23. The van der Waals surface area contributed by atoms with E-state index in [0.29, 0.717) is 11.4 Å². The molecule has 0 aromatic heterocycles. The minimum atomic E-state index is -3.88. The molecule has 2 aromatic carbocycles. The van der Waals surface area contributed by atoms with E-state index in [1.54, 1.807) is 12.1 Å². The van der Waals surface area contributed by atoms with Crippen LogP contribution in [-0.2, 0) is 26.0 Å². The fourth-order valence-electron chi connectivity index (χ4n) is 2.35. The van der Waals surface area contributed by atoms with Gasteiger partial charge >= 0.3 is 0 Å². The number of benzene rings is 2. The van der Waals surface area contributed by atoms with Gasteiger partial charge in [-0.05, 0) is 55.3 Å². The standard InChI is InChI=1S/C19H23N3O4S/c1-4-15-5-7-17(8-6-15)21-19(24)13(2)22-27(25,26)18-11-9-16(10-12-18)20-14(3)23/h5-13,22H,4H2,1-3H3,(H,20,23)(H,21,24)/t13-/m0/s1. The molecule has 1 atom stereocenters. The van der Waals surface area contributed by atoms with E-state index in [1.165, 1.54) is 38.1 Å². The summed E-state index contributed by atoms with van der Waals surface area (Å²) in [6.45, 7) is 4.87. The van der Waals surface area contributed by atoms with Crippen molar-refractivity contribution in [2.75, 3.05) is 10.6 Å². The second-order valence-corrected chi connectivity index (χ2v) is 7.80. The first-order chi connectivity index (χ1) is 12.7. The van der Waals surface area contributed by atoms with Crippen LogP contribution in [0.4, 0.5) is 11.4 Å². The monoisotopic (exact) mass is 389 g/mol. The van der Waals surface area contributed by atoms with Crippen LogP contribution < -0.4 is 15.4 Å². The van der Waals surface area contributed by atoms with E-state index in [4.69, 9.17) is 0 Å². The predicted molar refractivity (Wildman–Crippen MR) is 105 cm³/mol. The van der Waals surface area contributed by atoms with Crippen LogP contribution in [-0.4, -0.2) is 26.3 Å². The molecule has 0 saturated carbocycles. The smallest absolute Gasteiger partial charge is 0.242 e. The Morgan fingerprint density at radius 1 is 0.926 bits per heavy atom. The molecule has 8 heteroatoms. The molecule has 2 amide bonds. The van der Waals surface area contributed by atoms with Gasteiger partial charge < -0.3 is 10.6 Å². The van der Waals surface area contributed by atoms with Gasteiger partial charge in [0.2, 0.25) is 21.8 Å². The van der Waals surface area contributed by atoms with Crippen LogP contribution in [0.1, 0.15) is 26.3 Å². The van der Waals surface area contributed by atoms with Crippen LogP contribution >= 0.6 is 0 Å². The highest BCUT2D eigenvalue weighted by molar-refractivity contribution is 7.89. The fourth-order valence-corrected chi connectivity index (χ4v) is 3.55. The average molecular weight is 389 g/mol. The third-order valence-corrected chi connectivity index (χ3v) is 5.40. The zero-order valence-corrected chi connectivity index (χ0v) is 16.3. The number of carbonyl (C=O) groups excluding carboxylic acids is 2. The van der Waals surface area contributed by atoms with E-state index < -0.39 is 22.0 Å². The van der Waals surface area contributed by atoms with Gasteiger partial charge in [-0.3, -0.25) is 9.59 Å². The third kappa shape index (κ3) is 5.90. The van der Waals surface area contributed by atoms with Crippen molar-refractivity contribution in [3.63, 3.8) is 0 Å². The van der Waals surface area contributed by atoms with Gasteiger partial charge in [0.25, 0.3) is 0 Å². The topological polar surface area (TPSA) is 104 Å². The second kappa shape index (κ2) is 8.79. The summed E-state index contributed by atoms with van der Waals surface area (Å²) in [5, 5.41) is 5.24. The van der Waals surface area contributed by atoms with Crippen molar-refractivity contribution < 1.29 is 18.0 Å². The molecule has 27 heavy (non-hydrogen) atoms. The highest BCUT2D eigenvalue weighted by Gasteiger charge is 2.22. The van der Waals surface area contributed by atoms with E-state index in [0.717, 1.165) is 12.0 Å². The number of carbonyl (C=O) groups is 2. The predicted octanol–water partition coefficient (Wildman–Crippen LogP) is 2.51. The third-order valence-electron chi connectivity index (χ3n) is 3.84. The van der Waals surface area contributed by atoms with E-state index >= 15 is 0 Å². The molecule has 0 fully saturated rings. The molecule has 3 N–H and O–H groups in total. The Kier molecular flexibility index (Phi) is 6.70. The highest BCUT2D eigenvalue weighted by atomic mass is 32.2. The quantitative estimate of drug-likeness (QED) is 0.677. The van der Waals surface area contributed by atoms with Gasteiger partial charge in [0.1, 0.15) is 0 Å². The Hall–Kier alpha value is -2.71. The van der Waals surface area contributed by atoms with E-state index in [2.05, 4.69) is 15.4 Å². The summed E-state index contributed by atoms with van der Waals surface area (Å²) in [7, 11) is -3.88. The van der Waals surface area contributed by atoms with Crippen LogP contribution in [0.5, 0.6) is 0 Å². The second-order valence-electron chi connectivity index (χ2n) is 6.09. The number of hydrogen-bond acceptors (Lipinski definition) is 4. The first-order valence-electron chi connectivity index (χ1n) is 8.51. The van der Waals surface area contributed by atoms with Gasteiger partial charge in [0, 0.05) is 18.3 Å². The molecule has 0 aliphatic heterocycles. The molecule has 0 bridgehead atoms. The molecule has 2 aromatic rings. The number of amides is 2. The SMILES string of the molecule is CCc1ccc(NC(=O)[C@H](C)NS(=O)(=O)c2ccc(NC(C)=O)cc2)cc1. The maximum absolute atomic E-state index is 12.4. The number of hydrogen-bond donors (Lipinski definition) is 3. The Balaban J connectivity index is 2.02. The zero-order chi connectivity index (χ0) is 20.0. The van der Waals surface area contributed by atoms with Gasteiger partial charge in [-0.1, -0.05) is 19.1 Å². The molecule has 0 unspecified atom stereocenters. The number of anilines is 2. The minimum Gasteiger partial charge on any atom is -0.326 e. The van der Waals surface area contributed by atoms with Gasteiger partial charge in [0.05, 0.1) is 10.9 Å². The first-order valence-corrected chi connectivity index (χ1v) is 9.99. The molecule has 0 heterocycles. The summed E-state index contributed by atoms with van der Waals surface area (Å²) in [6, 6.07) is 12.1. The van der Waals surface area contributed by atoms with Gasteiger partial charge in [-0.15, -0.1) is 0 Å². The van der Waals surface area contributed by atoms with Crippen molar-refractivity contribution in [1.82, 2.24) is 4.72 Å². The molecule has 144 valence electrons. The summed E-state index contributed by atoms with van der Waals surface area (Å²) in [4.78, 5) is 23.3. The van der Waals surface area contributed by atoms with Crippen LogP contribution in [0.3, 0.4) is 0 Å². The number of nitrogens with one attached hydrogen (secondary N) is 3. The summed E-state index contributed by atoms with van der Waals surface area (Å²) in [5.74, 6) is -0.710. The fraction of sp³-hybridized carbons (Fsp3) is 0.263. The van der Waals surface area contributed by atoms with Crippen LogP contribution in [0.15, 0.2) is 53.4 Å². The number of sulfonamides is 1. The summed E-state index contributed by atoms with van der Waals surface area (Å²) >= 11 is 0. The largest absolute Gasteiger partial charge is 0.326 e. The van der Waals surface area contributed by atoms with E-state index in [-0.39, 0.29) is 10.8 Å². The van der Waals surface area contributed by atoms with Crippen molar-refractivity contribution in [1.29, 1.82) is 0 Å². The lowest BCUT2D eigenvalue weighted by atomic mass is 10.1. The number of aryl methyl sites for hydroxylation is 1. The lowest BCUT2D eigenvalue weighted by molar-refractivity contribution is -0.117. The molecular formula is C19H23N3O4S. The van der Waals surface area contributed by atoms with Gasteiger partial charge in [0.15, 0.2) is 0 Å². The zero-order valence-electron chi connectivity index (χ0n) is 15.4. The Bertz CT molecular complexity index is 907.